The maximum atomic E-state index is 14.7. The number of nitrogens with zero attached hydrogens (tertiary/aromatic N) is 3. The minimum atomic E-state index is -3.79. The lowest BCUT2D eigenvalue weighted by molar-refractivity contribution is 0.433. The highest BCUT2D eigenvalue weighted by molar-refractivity contribution is 7.92. The van der Waals surface area contributed by atoms with Gasteiger partial charge >= 0.3 is 0 Å². The maximum absolute atomic E-state index is 14.7. The van der Waals surface area contributed by atoms with Crippen LogP contribution in [-0.4, -0.2) is 35.8 Å². The van der Waals surface area contributed by atoms with E-state index in [4.69, 9.17) is 10.3 Å². The average Bonchev–Trinajstić information content (AvgIpc) is 3.29. The first-order valence-electron chi connectivity index (χ1n) is 10.7. The monoisotopic (exact) mass is 499 g/mol. The van der Waals surface area contributed by atoms with Gasteiger partial charge in [0.15, 0.2) is 27.1 Å². The molecule has 0 aliphatic rings. The largest absolute Gasteiger partial charge is 0.382 e. The fraction of sp³-hybridized carbons (Fsp3) is 0.208. The van der Waals surface area contributed by atoms with Crippen LogP contribution in [0.1, 0.15) is 19.4 Å². The van der Waals surface area contributed by atoms with Crippen molar-refractivity contribution >= 4 is 15.7 Å². The Balaban J connectivity index is 1.69. The molecule has 3 N–H and O–H groups in total. The number of rotatable bonds is 7. The summed E-state index contributed by atoms with van der Waals surface area (Å²) in [6, 6.07) is 9.99. The number of nitrogens with two attached hydrogens (primary N) is 1. The van der Waals surface area contributed by atoms with Crippen LogP contribution >= 0.6 is 0 Å². The summed E-state index contributed by atoms with van der Waals surface area (Å²) in [4.78, 5) is 8.12. The topological polar surface area (TPSA) is 124 Å². The van der Waals surface area contributed by atoms with Crippen molar-refractivity contribution in [1.82, 2.24) is 20.4 Å². The second kappa shape index (κ2) is 9.51. The van der Waals surface area contributed by atoms with Crippen molar-refractivity contribution < 1.29 is 21.7 Å². The maximum Gasteiger partial charge on any atom is 0.189 e. The van der Waals surface area contributed by atoms with E-state index in [0.29, 0.717) is 12.1 Å². The molecule has 4 rings (SSSR count). The van der Waals surface area contributed by atoms with Gasteiger partial charge in [-0.3, -0.25) is 0 Å². The number of hydrogen-bond acceptors (Lipinski definition) is 8. The molecular formula is C24H23F2N5O3S. The van der Waals surface area contributed by atoms with Gasteiger partial charge in [0.25, 0.3) is 0 Å². The third-order valence-corrected chi connectivity index (χ3v) is 7.57. The molecule has 0 saturated heterocycles. The van der Waals surface area contributed by atoms with Gasteiger partial charge in [0.2, 0.25) is 0 Å². The normalized spacial score (nSPS) is 11.8. The fourth-order valence-corrected chi connectivity index (χ4v) is 4.55. The van der Waals surface area contributed by atoms with Gasteiger partial charge in [0, 0.05) is 23.7 Å². The first-order chi connectivity index (χ1) is 16.6. The van der Waals surface area contributed by atoms with Crippen LogP contribution in [0.4, 0.5) is 14.6 Å². The van der Waals surface area contributed by atoms with Crippen LogP contribution in [0, 0.1) is 11.6 Å². The van der Waals surface area contributed by atoms with Crippen LogP contribution in [0.25, 0.3) is 34.0 Å². The summed E-state index contributed by atoms with van der Waals surface area (Å²) in [6.45, 7) is 3.48. The number of nitrogen functional groups attached to an aromatic ring is 1. The molecule has 0 spiro atoms. The Morgan fingerprint density at radius 2 is 1.83 bits per heavy atom. The highest BCUT2D eigenvalue weighted by Crippen LogP contribution is 2.32. The molecule has 0 radical (unpaired) electrons. The number of benzene rings is 2. The van der Waals surface area contributed by atoms with Gasteiger partial charge in [-0.05, 0) is 50.7 Å². The van der Waals surface area contributed by atoms with Gasteiger partial charge in [0.1, 0.15) is 22.2 Å². The number of halogens is 2. The van der Waals surface area contributed by atoms with Gasteiger partial charge in [-0.15, -0.1) is 0 Å². The van der Waals surface area contributed by atoms with Gasteiger partial charge < -0.3 is 15.6 Å². The van der Waals surface area contributed by atoms with Gasteiger partial charge in [-0.2, -0.15) is 0 Å². The van der Waals surface area contributed by atoms with E-state index in [0.717, 1.165) is 11.6 Å². The lowest BCUT2D eigenvalue weighted by atomic mass is 10.1. The Morgan fingerprint density at radius 1 is 1.06 bits per heavy atom. The van der Waals surface area contributed by atoms with Crippen LogP contribution < -0.4 is 11.1 Å². The summed E-state index contributed by atoms with van der Waals surface area (Å²) in [5, 5.41) is 6.12. The Kier molecular flexibility index (Phi) is 6.64. The Morgan fingerprint density at radius 3 is 2.49 bits per heavy atom. The fourth-order valence-electron chi connectivity index (χ4n) is 3.46. The summed E-state index contributed by atoms with van der Waals surface area (Å²) < 4.78 is 59.3. The molecule has 35 heavy (non-hydrogen) atoms. The third-order valence-electron chi connectivity index (χ3n) is 5.39. The number of hydrogen-bond donors (Lipinski definition) is 2. The van der Waals surface area contributed by atoms with E-state index < -0.39 is 26.7 Å². The van der Waals surface area contributed by atoms with Crippen molar-refractivity contribution in [2.75, 3.05) is 12.8 Å². The Bertz CT molecular complexity index is 1500. The SMILES string of the molecule is CNCc1ccc(-c2cc(-c3nc(-c4ccc(S(=O)(=O)C(C)C)c(F)c4)cnc3N)on2)c(F)c1. The Hall–Kier alpha value is -3.70. The highest BCUT2D eigenvalue weighted by atomic mass is 32.2. The molecule has 0 amide bonds. The third kappa shape index (κ3) is 4.77. The van der Waals surface area contributed by atoms with Crippen molar-refractivity contribution in [3.8, 4) is 34.0 Å². The Labute approximate surface area is 201 Å². The van der Waals surface area contributed by atoms with Crippen LogP contribution in [0.3, 0.4) is 0 Å². The summed E-state index contributed by atoms with van der Waals surface area (Å²) in [5.41, 5.74) is 7.91. The molecule has 11 heteroatoms. The first kappa shape index (κ1) is 24.4. The lowest BCUT2D eigenvalue weighted by Gasteiger charge is -2.10. The second-order valence-electron chi connectivity index (χ2n) is 8.15. The van der Waals surface area contributed by atoms with Crippen molar-refractivity contribution in [2.45, 2.75) is 30.5 Å². The molecule has 0 bridgehead atoms. The minimum Gasteiger partial charge on any atom is -0.382 e. The predicted octanol–water partition coefficient (Wildman–Crippen LogP) is 4.23. The standard InChI is InChI=1S/C24H23F2N5O3S/c1-13(2)35(32,33)22-7-5-15(9-18(22)26)20-12-29-24(27)23(30-20)21-10-19(31-34-21)16-6-4-14(11-28-3)8-17(16)25/h4-10,12-13,28H,11H2,1-3H3,(H2,27,29). The molecule has 4 aromatic rings. The van der Waals surface area contributed by atoms with E-state index in [1.54, 1.807) is 19.2 Å². The molecule has 0 saturated carbocycles. The quantitative estimate of drug-likeness (QED) is 0.387. The smallest absolute Gasteiger partial charge is 0.189 e. The van der Waals surface area contributed by atoms with Gasteiger partial charge in [0.05, 0.1) is 17.1 Å². The summed E-state index contributed by atoms with van der Waals surface area (Å²) in [7, 11) is -2.02. The van der Waals surface area contributed by atoms with E-state index in [1.165, 1.54) is 44.3 Å². The molecule has 0 atom stereocenters. The summed E-state index contributed by atoms with van der Waals surface area (Å²) in [6.07, 6.45) is 1.33. The van der Waals surface area contributed by atoms with Gasteiger partial charge in [-0.25, -0.2) is 27.2 Å². The van der Waals surface area contributed by atoms with Crippen molar-refractivity contribution in [3.63, 3.8) is 0 Å². The molecule has 2 aromatic heterocycles. The van der Waals surface area contributed by atoms with E-state index in [-0.39, 0.29) is 39.1 Å². The van der Waals surface area contributed by atoms with E-state index in [9.17, 15) is 17.2 Å². The molecule has 2 heterocycles. The molecule has 0 aliphatic heterocycles. The molecule has 2 aromatic carbocycles. The molecule has 0 fully saturated rings. The zero-order chi connectivity index (χ0) is 25.3. The van der Waals surface area contributed by atoms with Crippen LogP contribution in [0.5, 0.6) is 0 Å². The van der Waals surface area contributed by atoms with Crippen molar-refractivity contribution in [3.05, 3.63) is 65.9 Å². The number of sulfone groups is 1. The van der Waals surface area contributed by atoms with Gasteiger partial charge in [-0.1, -0.05) is 17.3 Å². The second-order valence-corrected chi connectivity index (χ2v) is 10.6. The first-order valence-corrected chi connectivity index (χ1v) is 12.2. The molecule has 0 aliphatic carbocycles. The molecule has 0 unspecified atom stereocenters. The average molecular weight is 500 g/mol. The lowest BCUT2D eigenvalue weighted by Crippen LogP contribution is -2.15. The zero-order valence-electron chi connectivity index (χ0n) is 19.2. The summed E-state index contributed by atoms with van der Waals surface area (Å²) in [5.74, 6) is -1.18. The van der Waals surface area contributed by atoms with Crippen molar-refractivity contribution in [2.24, 2.45) is 0 Å². The zero-order valence-corrected chi connectivity index (χ0v) is 20.0. The molecule has 8 nitrogen and oxygen atoms in total. The number of aromatic nitrogens is 3. The molecule has 182 valence electrons. The van der Waals surface area contributed by atoms with E-state index >= 15 is 0 Å². The van der Waals surface area contributed by atoms with E-state index in [2.05, 4.69) is 20.4 Å². The van der Waals surface area contributed by atoms with Crippen LogP contribution in [0.2, 0.25) is 0 Å². The predicted molar refractivity (Wildman–Crippen MR) is 128 cm³/mol. The van der Waals surface area contributed by atoms with Crippen LogP contribution in [-0.2, 0) is 16.4 Å². The number of anilines is 1. The minimum absolute atomic E-state index is 0.0285. The van der Waals surface area contributed by atoms with E-state index in [1.807, 2.05) is 0 Å². The highest BCUT2D eigenvalue weighted by Gasteiger charge is 2.24. The van der Waals surface area contributed by atoms with Crippen molar-refractivity contribution in [1.29, 1.82) is 0 Å². The summed E-state index contributed by atoms with van der Waals surface area (Å²) >= 11 is 0. The van der Waals surface area contributed by atoms with Crippen LogP contribution in [0.15, 0.2) is 58.1 Å². The number of nitrogens with one attached hydrogen (secondary N) is 1. The molecular weight excluding hydrogens is 476 g/mol.